The van der Waals surface area contributed by atoms with Gasteiger partial charge in [0, 0.05) is 6.07 Å². The van der Waals surface area contributed by atoms with Crippen LogP contribution in [0.3, 0.4) is 0 Å². The van der Waals surface area contributed by atoms with Crippen LogP contribution in [-0.2, 0) is 12.8 Å². The maximum Gasteiger partial charge on any atom is 0.238 e. The Kier molecular flexibility index (Phi) is 5.96. The second-order valence-electron chi connectivity index (χ2n) is 5.49. The van der Waals surface area contributed by atoms with Crippen LogP contribution in [0, 0.1) is 0 Å². The van der Waals surface area contributed by atoms with Crippen LogP contribution in [0.4, 0.5) is 0 Å². The molecule has 5 heteroatoms. The molecule has 1 aromatic heterocycles. The zero-order chi connectivity index (χ0) is 17.3. The lowest BCUT2D eigenvalue weighted by atomic mass is 10.1. The first-order valence-corrected chi connectivity index (χ1v) is 8.21. The molecule has 0 aliphatic carbocycles. The van der Waals surface area contributed by atoms with Crippen molar-refractivity contribution in [3.05, 3.63) is 78.0 Å². The Hall–Kier alpha value is -2.92. The average Bonchev–Trinajstić information content (AvgIpc) is 2.67. The van der Waals surface area contributed by atoms with Crippen molar-refractivity contribution in [3.63, 3.8) is 0 Å². The number of hydrogen-bond acceptors (Lipinski definition) is 5. The molecule has 0 atom stereocenters. The zero-order valence-corrected chi connectivity index (χ0v) is 13.8. The third-order valence-electron chi connectivity index (χ3n) is 3.61. The fourth-order valence-electron chi connectivity index (χ4n) is 2.33. The minimum atomic E-state index is 0.0183. The Labute approximate surface area is 146 Å². The normalized spacial score (nSPS) is 10.4. The standard InChI is InChI=1S/C20H20N2O3/c23-14-15-24-18-11-7-16(8-12-18)6-9-17-10-13-20(22-21-17)25-19-4-2-1-3-5-19/h1-5,7-8,10-13,23H,6,9,14-15H2. The number of aryl methyl sites for hydroxylation is 2. The van der Waals surface area contributed by atoms with Crippen molar-refractivity contribution in [3.8, 4) is 17.4 Å². The van der Waals surface area contributed by atoms with Crippen LogP contribution < -0.4 is 9.47 Å². The van der Waals surface area contributed by atoms with E-state index in [0.29, 0.717) is 12.5 Å². The van der Waals surface area contributed by atoms with Crippen molar-refractivity contribution < 1.29 is 14.6 Å². The van der Waals surface area contributed by atoms with Crippen molar-refractivity contribution in [1.29, 1.82) is 0 Å². The van der Waals surface area contributed by atoms with Crippen LogP contribution >= 0.6 is 0 Å². The number of ether oxygens (including phenoxy) is 2. The molecule has 0 saturated carbocycles. The highest BCUT2D eigenvalue weighted by Gasteiger charge is 2.02. The highest BCUT2D eigenvalue weighted by Crippen LogP contribution is 2.18. The number of aliphatic hydroxyl groups is 1. The molecule has 128 valence electrons. The van der Waals surface area contributed by atoms with Gasteiger partial charge in [0.05, 0.1) is 12.3 Å². The summed E-state index contributed by atoms with van der Waals surface area (Å²) in [6.45, 7) is 0.330. The molecule has 5 nitrogen and oxygen atoms in total. The first-order chi connectivity index (χ1) is 12.3. The van der Waals surface area contributed by atoms with E-state index in [4.69, 9.17) is 14.6 Å². The largest absolute Gasteiger partial charge is 0.491 e. The number of benzene rings is 2. The Morgan fingerprint density at radius 3 is 2.24 bits per heavy atom. The molecule has 3 aromatic rings. The number of nitrogens with zero attached hydrogens (tertiary/aromatic N) is 2. The Morgan fingerprint density at radius 2 is 1.56 bits per heavy atom. The molecule has 25 heavy (non-hydrogen) atoms. The first-order valence-electron chi connectivity index (χ1n) is 8.21. The van der Waals surface area contributed by atoms with Crippen molar-refractivity contribution in [2.24, 2.45) is 0 Å². The maximum absolute atomic E-state index is 8.75. The summed E-state index contributed by atoms with van der Waals surface area (Å²) < 4.78 is 11.0. The Bertz CT molecular complexity index is 759. The summed E-state index contributed by atoms with van der Waals surface area (Å²) in [4.78, 5) is 0. The topological polar surface area (TPSA) is 64.5 Å². The second-order valence-corrected chi connectivity index (χ2v) is 5.49. The van der Waals surface area contributed by atoms with Crippen molar-refractivity contribution in [2.45, 2.75) is 12.8 Å². The van der Waals surface area contributed by atoms with E-state index in [1.54, 1.807) is 0 Å². The van der Waals surface area contributed by atoms with Crippen LogP contribution in [0.5, 0.6) is 17.4 Å². The summed E-state index contributed by atoms with van der Waals surface area (Å²) in [6.07, 6.45) is 1.67. The van der Waals surface area contributed by atoms with Crippen LogP contribution in [0.25, 0.3) is 0 Å². The summed E-state index contributed by atoms with van der Waals surface area (Å²) in [7, 11) is 0. The molecule has 0 aliphatic rings. The van der Waals surface area contributed by atoms with Gasteiger partial charge >= 0.3 is 0 Å². The van der Waals surface area contributed by atoms with Gasteiger partial charge in [0.25, 0.3) is 0 Å². The predicted octanol–water partition coefficient (Wildman–Crippen LogP) is 3.43. The maximum atomic E-state index is 8.75. The fraction of sp³-hybridized carbons (Fsp3) is 0.200. The number of para-hydroxylation sites is 1. The number of aliphatic hydroxyl groups excluding tert-OH is 1. The predicted molar refractivity (Wildman–Crippen MR) is 95.0 cm³/mol. The molecule has 0 amide bonds. The molecular weight excluding hydrogens is 316 g/mol. The lowest BCUT2D eigenvalue weighted by molar-refractivity contribution is 0.201. The zero-order valence-electron chi connectivity index (χ0n) is 13.8. The SMILES string of the molecule is OCCOc1ccc(CCc2ccc(Oc3ccccc3)nn2)cc1. The monoisotopic (exact) mass is 336 g/mol. The molecule has 0 fully saturated rings. The van der Waals surface area contributed by atoms with E-state index in [1.807, 2.05) is 66.7 Å². The van der Waals surface area contributed by atoms with E-state index in [2.05, 4.69) is 10.2 Å². The minimum absolute atomic E-state index is 0.0183. The van der Waals surface area contributed by atoms with Gasteiger partial charge in [0.1, 0.15) is 18.1 Å². The van der Waals surface area contributed by atoms with Gasteiger partial charge in [0.2, 0.25) is 5.88 Å². The Balaban J connectivity index is 1.51. The molecule has 0 saturated heterocycles. The average molecular weight is 336 g/mol. The van der Waals surface area contributed by atoms with E-state index in [-0.39, 0.29) is 6.61 Å². The van der Waals surface area contributed by atoms with Crippen LogP contribution in [-0.4, -0.2) is 28.5 Å². The Morgan fingerprint density at radius 1 is 0.760 bits per heavy atom. The summed E-state index contributed by atoms with van der Waals surface area (Å²) in [5.41, 5.74) is 2.11. The number of aromatic nitrogens is 2. The minimum Gasteiger partial charge on any atom is -0.491 e. The quantitative estimate of drug-likeness (QED) is 0.683. The van der Waals surface area contributed by atoms with Gasteiger partial charge in [0.15, 0.2) is 0 Å². The molecule has 0 bridgehead atoms. The third kappa shape index (κ3) is 5.29. The van der Waals surface area contributed by atoms with Crippen LogP contribution in [0.1, 0.15) is 11.3 Å². The van der Waals surface area contributed by atoms with Gasteiger partial charge in [-0.1, -0.05) is 30.3 Å². The fourth-order valence-corrected chi connectivity index (χ4v) is 2.33. The van der Waals surface area contributed by atoms with E-state index in [9.17, 15) is 0 Å². The highest BCUT2D eigenvalue weighted by atomic mass is 16.5. The van der Waals surface area contributed by atoms with Gasteiger partial charge in [-0.2, -0.15) is 5.10 Å². The van der Waals surface area contributed by atoms with E-state index in [0.717, 1.165) is 30.0 Å². The molecule has 0 radical (unpaired) electrons. The van der Waals surface area contributed by atoms with Crippen LogP contribution in [0.15, 0.2) is 66.7 Å². The molecule has 0 spiro atoms. The van der Waals surface area contributed by atoms with E-state index >= 15 is 0 Å². The molecule has 0 aliphatic heterocycles. The summed E-state index contributed by atoms with van der Waals surface area (Å²) >= 11 is 0. The smallest absolute Gasteiger partial charge is 0.238 e. The second kappa shape index (κ2) is 8.80. The third-order valence-corrected chi connectivity index (χ3v) is 3.61. The van der Waals surface area contributed by atoms with Crippen LogP contribution in [0.2, 0.25) is 0 Å². The summed E-state index contributed by atoms with van der Waals surface area (Å²) in [6, 6.07) is 21.2. The lowest BCUT2D eigenvalue weighted by Gasteiger charge is -2.06. The highest BCUT2D eigenvalue weighted by molar-refractivity contribution is 5.28. The molecule has 0 unspecified atom stereocenters. The van der Waals surface area contributed by atoms with Crippen molar-refractivity contribution in [2.75, 3.05) is 13.2 Å². The summed E-state index contributed by atoms with van der Waals surface area (Å²) in [5.74, 6) is 1.99. The molecule has 1 heterocycles. The van der Waals surface area contributed by atoms with Crippen molar-refractivity contribution in [1.82, 2.24) is 10.2 Å². The van der Waals surface area contributed by atoms with E-state index in [1.165, 1.54) is 5.56 Å². The van der Waals surface area contributed by atoms with Gasteiger partial charge in [-0.15, -0.1) is 5.10 Å². The molecule has 1 N–H and O–H groups in total. The van der Waals surface area contributed by atoms with Gasteiger partial charge in [-0.25, -0.2) is 0 Å². The lowest BCUT2D eigenvalue weighted by Crippen LogP contribution is -2.01. The van der Waals surface area contributed by atoms with E-state index < -0.39 is 0 Å². The van der Waals surface area contributed by atoms with Gasteiger partial charge in [-0.05, 0) is 48.7 Å². The summed E-state index contributed by atoms with van der Waals surface area (Å²) in [5, 5.41) is 17.1. The molecule has 3 rings (SSSR count). The molecule has 2 aromatic carbocycles. The number of rotatable bonds is 8. The first kappa shape index (κ1) is 16.9. The van der Waals surface area contributed by atoms with Crippen molar-refractivity contribution >= 4 is 0 Å². The number of hydrogen-bond donors (Lipinski definition) is 1. The van der Waals surface area contributed by atoms with Gasteiger partial charge < -0.3 is 14.6 Å². The molecular formula is C20H20N2O3. The van der Waals surface area contributed by atoms with Gasteiger partial charge in [-0.3, -0.25) is 0 Å².